The van der Waals surface area contributed by atoms with E-state index >= 15 is 0 Å². The molecule has 7 heteroatoms. The molecule has 1 heterocycles. The third-order valence-corrected chi connectivity index (χ3v) is 3.35. The average molecular weight is 331 g/mol. The minimum absolute atomic E-state index is 0.109. The summed E-state index contributed by atoms with van der Waals surface area (Å²) in [6, 6.07) is 6.92. The van der Waals surface area contributed by atoms with Crippen molar-refractivity contribution in [1.82, 2.24) is 4.90 Å². The molecule has 24 heavy (non-hydrogen) atoms. The summed E-state index contributed by atoms with van der Waals surface area (Å²) in [4.78, 5) is 25.4. The Morgan fingerprint density at radius 3 is 2.67 bits per heavy atom. The molecule has 0 fully saturated rings. The topological polar surface area (TPSA) is 97.8 Å². The van der Waals surface area contributed by atoms with E-state index in [0.29, 0.717) is 22.8 Å². The fraction of sp³-hybridized carbons (Fsp3) is 0.294. The molecule has 128 valence electrons. The van der Waals surface area contributed by atoms with E-state index in [1.54, 1.807) is 32.3 Å². The highest BCUT2D eigenvalue weighted by atomic mass is 16.5. The van der Waals surface area contributed by atoms with Gasteiger partial charge in [-0.05, 0) is 30.7 Å². The van der Waals surface area contributed by atoms with Gasteiger partial charge in [0.1, 0.15) is 17.8 Å². The molecule has 0 unspecified atom stereocenters. The summed E-state index contributed by atoms with van der Waals surface area (Å²) in [6.07, 6.45) is 1.35. The van der Waals surface area contributed by atoms with Crippen LogP contribution in [0.2, 0.25) is 0 Å². The average Bonchev–Trinajstić information content (AvgIpc) is 3.03. The highest BCUT2D eigenvalue weighted by Crippen LogP contribution is 2.26. The Kier molecular flexibility index (Phi) is 5.59. The highest BCUT2D eigenvalue weighted by Gasteiger charge is 2.14. The van der Waals surface area contributed by atoms with Crippen LogP contribution in [0.25, 0.3) is 0 Å². The van der Waals surface area contributed by atoms with Crippen LogP contribution in [0.5, 0.6) is 5.75 Å². The lowest BCUT2D eigenvalue weighted by Gasteiger charge is -2.15. The second kappa shape index (κ2) is 7.65. The Bertz CT molecular complexity index is 737. The molecular weight excluding hydrogens is 310 g/mol. The van der Waals surface area contributed by atoms with Crippen LogP contribution >= 0.6 is 0 Å². The Morgan fingerprint density at radius 1 is 1.29 bits per heavy atom. The predicted molar refractivity (Wildman–Crippen MR) is 89.9 cm³/mol. The maximum Gasteiger partial charge on any atom is 0.259 e. The van der Waals surface area contributed by atoms with E-state index in [4.69, 9.17) is 14.9 Å². The normalized spacial score (nSPS) is 10.3. The minimum Gasteiger partial charge on any atom is -0.482 e. The number of benzene rings is 1. The quantitative estimate of drug-likeness (QED) is 0.840. The van der Waals surface area contributed by atoms with E-state index in [1.807, 2.05) is 13.0 Å². The first-order valence-corrected chi connectivity index (χ1v) is 7.43. The number of ether oxygens (including phenoxy) is 1. The van der Waals surface area contributed by atoms with Gasteiger partial charge in [-0.1, -0.05) is 6.07 Å². The van der Waals surface area contributed by atoms with Crippen LogP contribution in [0.3, 0.4) is 0 Å². The van der Waals surface area contributed by atoms with E-state index in [1.165, 1.54) is 11.2 Å². The van der Waals surface area contributed by atoms with Crippen LogP contribution in [0.15, 0.2) is 34.9 Å². The monoisotopic (exact) mass is 331 g/mol. The van der Waals surface area contributed by atoms with Crippen molar-refractivity contribution in [2.45, 2.75) is 13.5 Å². The van der Waals surface area contributed by atoms with Gasteiger partial charge in [0.05, 0.1) is 17.8 Å². The van der Waals surface area contributed by atoms with Crippen LogP contribution in [0.1, 0.15) is 21.7 Å². The number of hydrogen-bond acceptors (Lipinski definition) is 5. The maximum absolute atomic E-state index is 12.3. The van der Waals surface area contributed by atoms with Gasteiger partial charge in [-0.2, -0.15) is 0 Å². The molecule has 0 aliphatic heterocycles. The van der Waals surface area contributed by atoms with Gasteiger partial charge in [0.2, 0.25) is 0 Å². The first-order valence-electron chi connectivity index (χ1n) is 7.43. The number of anilines is 1. The van der Waals surface area contributed by atoms with Crippen molar-refractivity contribution >= 4 is 17.5 Å². The van der Waals surface area contributed by atoms with E-state index in [0.717, 1.165) is 5.56 Å². The first kappa shape index (κ1) is 17.6. The minimum atomic E-state index is -0.342. The SMILES string of the molecule is Cc1ccc(NC(=O)c2coc(CN)c2)c(OCC(=O)N(C)C)c1. The molecule has 1 aromatic heterocycles. The molecule has 0 aliphatic rings. The maximum atomic E-state index is 12.3. The molecule has 2 rings (SSSR count). The molecule has 3 N–H and O–H groups in total. The van der Waals surface area contributed by atoms with Gasteiger partial charge in [0.15, 0.2) is 6.61 Å². The molecule has 0 atom stereocenters. The fourth-order valence-electron chi connectivity index (χ4n) is 1.92. The zero-order valence-corrected chi connectivity index (χ0v) is 14.0. The Balaban J connectivity index is 2.14. The number of rotatable bonds is 6. The molecule has 2 aromatic rings. The van der Waals surface area contributed by atoms with Gasteiger partial charge in [0, 0.05) is 14.1 Å². The Morgan fingerprint density at radius 2 is 2.04 bits per heavy atom. The number of nitrogens with one attached hydrogen (secondary N) is 1. The van der Waals surface area contributed by atoms with E-state index < -0.39 is 0 Å². The second-order valence-electron chi connectivity index (χ2n) is 5.54. The van der Waals surface area contributed by atoms with Crippen LogP contribution in [-0.4, -0.2) is 37.4 Å². The van der Waals surface area contributed by atoms with E-state index in [9.17, 15) is 9.59 Å². The molecule has 1 aromatic carbocycles. The van der Waals surface area contributed by atoms with Crippen molar-refractivity contribution in [2.24, 2.45) is 5.73 Å². The number of amides is 2. The number of furan rings is 1. The third kappa shape index (κ3) is 4.36. The first-order chi connectivity index (χ1) is 11.4. The number of aryl methyl sites for hydroxylation is 1. The van der Waals surface area contributed by atoms with Crippen molar-refractivity contribution in [1.29, 1.82) is 0 Å². The molecule has 0 spiro atoms. The van der Waals surface area contributed by atoms with E-state index in [-0.39, 0.29) is 25.0 Å². The van der Waals surface area contributed by atoms with Crippen molar-refractivity contribution in [2.75, 3.05) is 26.0 Å². The zero-order valence-electron chi connectivity index (χ0n) is 14.0. The standard InChI is InChI=1S/C17H21N3O4/c1-11-4-5-14(15(6-11)24-10-16(21)20(2)3)19-17(22)12-7-13(8-18)23-9-12/h4-7,9H,8,10,18H2,1-3H3,(H,19,22). The number of hydrogen-bond donors (Lipinski definition) is 2. The van der Waals surface area contributed by atoms with Crippen molar-refractivity contribution in [3.63, 3.8) is 0 Å². The van der Waals surface area contributed by atoms with Gasteiger partial charge in [-0.25, -0.2) is 0 Å². The van der Waals surface area contributed by atoms with Crippen LogP contribution in [0.4, 0.5) is 5.69 Å². The molecule has 7 nitrogen and oxygen atoms in total. The summed E-state index contributed by atoms with van der Waals surface area (Å²) in [5.74, 6) is 0.445. The lowest BCUT2D eigenvalue weighted by atomic mass is 10.2. The lowest BCUT2D eigenvalue weighted by Crippen LogP contribution is -2.27. The lowest BCUT2D eigenvalue weighted by molar-refractivity contribution is -0.130. The molecule has 0 bridgehead atoms. The summed E-state index contributed by atoms with van der Waals surface area (Å²) in [5.41, 5.74) is 7.27. The van der Waals surface area contributed by atoms with Gasteiger partial charge >= 0.3 is 0 Å². The largest absolute Gasteiger partial charge is 0.482 e. The number of likely N-dealkylation sites (N-methyl/N-ethyl adjacent to an activating group) is 1. The summed E-state index contributed by atoms with van der Waals surface area (Å²) < 4.78 is 10.7. The van der Waals surface area contributed by atoms with Gasteiger partial charge in [0.25, 0.3) is 11.8 Å². The number of carbonyl (C=O) groups excluding carboxylic acids is 2. The zero-order chi connectivity index (χ0) is 17.7. The summed E-state index contributed by atoms with van der Waals surface area (Å²) in [5, 5.41) is 2.75. The number of carbonyl (C=O) groups is 2. The summed E-state index contributed by atoms with van der Waals surface area (Å²) >= 11 is 0. The van der Waals surface area contributed by atoms with Crippen LogP contribution < -0.4 is 15.8 Å². The predicted octanol–water partition coefficient (Wildman–Crippen LogP) is 1.77. The van der Waals surface area contributed by atoms with Crippen molar-refractivity contribution < 1.29 is 18.7 Å². The van der Waals surface area contributed by atoms with Gasteiger partial charge in [-0.3, -0.25) is 9.59 Å². The van der Waals surface area contributed by atoms with Crippen molar-refractivity contribution in [3.05, 3.63) is 47.4 Å². The smallest absolute Gasteiger partial charge is 0.259 e. The molecule has 0 saturated carbocycles. The molecule has 0 aliphatic carbocycles. The highest BCUT2D eigenvalue weighted by molar-refractivity contribution is 6.04. The van der Waals surface area contributed by atoms with Crippen molar-refractivity contribution in [3.8, 4) is 5.75 Å². The molecule has 0 radical (unpaired) electrons. The third-order valence-electron chi connectivity index (χ3n) is 3.35. The van der Waals surface area contributed by atoms with Gasteiger partial charge in [-0.15, -0.1) is 0 Å². The van der Waals surface area contributed by atoms with Crippen LogP contribution in [0, 0.1) is 6.92 Å². The molecule has 0 saturated heterocycles. The summed E-state index contributed by atoms with van der Waals surface area (Å²) in [7, 11) is 3.30. The fourth-order valence-corrected chi connectivity index (χ4v) is 1.92. The second-order valence-corrected chi connectivity index (χ2v) is 5.54. The van der Waals surface area contributed by atoms with E-state index in [2.05, 4.69) is 5.32 Å². The molecular formula is C17H21N3O4. The number of nitrogens with zero attached hydrogens (tertiary/aromatic N) is 1. The van der Waals surface area contributed by atoms with Crippen LogP contribution in [-0.2, 0) is 11.3 Å². The number of nitrogens with two attached hydrogens (primary N) is 1. The Hall–Kier alpha value is -2.80. The molecule has 2 amide bonds. The summed E-state index contributed by atoms with van der Waals surface area (Å²) in [6.45, 7) is 2.01. The van der Waals surface area contributed by atoms with Gasteiger partial charge < -0.3 is 25.1 Å². The Labute approximate surface area is 140 Å².